The van der Waals surface area contributed by atoms with Gasteiger partial charge in [-0.1, -0.05) is 47.3 Å². The monoisotopic (exact) mass is 379 g/mol. The lowest BCUT2D eigenvalue weighted by molar-refractivity contribution is 0.341. The molecule has 0 amide bonds. The van der Waals surface area contributed by atoms with Crippen LogP contribution >= 0.6 is 11.8 Å². The zero-order chi connectivity index (χ0) is 18.5. The third-order valence-electron chi connectivity index (χ3n) is 3.77. The second-order valence-corrected chi connectivity index (χ2v) is 6.49. The van der Waals surface area contributed by atoms with Gasteiger partial charge in [0.15, 0.2) is 5.16 Å². The molecule has 0 radical (unpaired) electrons. The molecule has 0 bridgehead atoms. The Balaban J connectivity index is 1.50. The van der Waals surface area contributed by atoms with Crippen LogP contribution in [-0.2, 0) is 5.75 Å². The van der Waals surface area contributed by atoms with E-state index in [1.165, 1.54) is 11.8 Å². The molecule has 7 nitrogen and oxygen atoms in total. The Morgan fingerprint density at radius 2 is 1.89 bits per heavy atom. The topological polar surface area (TPSA) is 78.9 Å². The third-order valence-corrected chi connectivity index (χ3v) is 4.70. The summed E-state index contributed by atoms with van der Waals surface area (Å²) in [6.45, 7) is 2.52. The van der Waals surface area contributed by atoms with Crippen molar-refractivity contribution in [1.82, 2.24) is 24.9 Å². The van der Waals surface area contributed by atoms with Crippen molar-refractivity contribution in [2.24, 2.45) is 0 Å². The molecule has 2 aromatic heterocycles. The quantitative estimate of drug-likeness (QED) is 0.449. The van der Waals surface area contributed by atoms with Crippen LogP contribution in [0.25, 0.3) is 17.1 Å². The number of rotatable bonds is 7. The normalized spacial score (nSPS) is 10.9. The average Bonchev–Trinajstić information content (AvgIpc) is 3.37. The molecule has 2 aromatic carbocycles. The van der Waals surface area contributed by atoms with Gasteiger partial charge in [-0.15, -0.1) is 10.2 Å². The van der Waals surface area contributed by atoms with Gasteiger partial charge in [-0.2, -0.15) is 4.98 Å². The number of benzene rings is 2. The van der Waals surface area contributed by atoms with E-state index in [1.807, 2.05) is 66.1 Å². The van der Waals surface area contributed by atoms with Gasteiger partial charge >= 0.3 is 0 Å². The number of para-hydroxylation sites is 2. The molecule has 4 rings (SSSR count). The molecule has 8 heteroatoms. The molecule has 136 valence electrons. The number of hydrogen-bond donors (Lipinski definition) is 0. The van der Waals surface area contributed by atoms with Gasteiger partial charge in [0, 0.05) is 5.69 Å². The van der Waals surface area contributed by atoms with E-state index in [2.05, 4.69) is 20.3 Å². The van der Waals surface area contributed by atoms with Gasteiger partial charge in [0.05, 0.1) is 17.9 Å². The molecule has 0 aliphatic heterocycles. The Kier molecular flexibility index (Phi) is 5.15. The van der Waals surface area contributed by atoms with Crippen LogP contribution in [0, 0.1) is 0 Å². The van der Waals surface area contributed by atoms with E-state index in [0.717, 1.165) is 22.2 Å². The van der Waals surface area contributed by atoms with Crippen molar-refractivity contribution < 1.29 is 9.26 Å². The van der Waals surface area contributed by atoms with Gasteiger partial charge in [0.1, 0.15) is 12.1 Å². The van der Waals surface area contributed by atoms with Crippen molar-refractivity contribution >= 4 is 11.8 Å². The lowest BCUT2D eigenvalue weighted by atomic mass is 10.2. The second kappa shape index (κ2) is 8.05. The van der Waals surface area contributed by atoms with E-state index in [-0.39, 0.29) is 0 Å². The lowest BCUT2D eigenvalue weighted by Crippen LogP contribution is -1.95. The molecule has 0 aliphatic rings. The molecule has 0 atom stereocenters. The first-order chi connectivity index (χ1) is 13.3. The number of thioether (sulfide) groups is 1. The Bertz CT molecular complexity index is 1020. The predicted molar refractivity (Wildman–Crippen MR) is 102 cm³/mol. The highest BCUT2D eigenvalue weighted by molar-refractivity contribution is 7.98. The zero-order valence-corrected chi connectivity index (χ0v) is 15.5. The molecule has 2 heterocycles. The van der Waals surface area contributed by atoms with E-state index in [9.17, 15) is 0 Å². The van der Waals surface area contributed by atoms with Gasteiger partial charge < -0.3 is 9.26 Å². The van der Waals surface area contributed by atoms with Crippen LogP contribution in [0.4, 0.5) is 0 Å². The maximum atomic E-state index is 5.64. The SMILES string of the molecule is CCOc1ccccc1-c1noc(CSc2nncn2-c2ccccc2)n1. The maximum Gasteiger partial charge on any atom is 0.237 e. The van der Waals surface area contributed by atoms with Crippen molar-refractivity contribution in [3.63, 3.8) is 0 Å². The van der Waals surface area contributed by atoms with Crippen LogP contribution in [0.3, 0.4) is 0 Å². The summed E-state index contributed by atoms with van der Waals surface area (Å²) in [4.78, 5) is 4.49. The molecule has 4 aromatic rings. The number of nitrogens with zero attached hydrogens (tertiary/aromatic N) is 5. The molecule has 0 unspecified atom stereocenters. The molecule has 0 spiro atoms. The van der Waals surface area contributed by atoms with Crippen LogP contribution in [0.5, 0.6) is 5.75 Å². The van der Waals surface area contributed by atoms with Crippen molar-refractivity contribution in [1.29, 1.82) is 0 Å². The smallest absolute Gasteiger partial charge is 0.237 e. The number of hydrogen-bond acceptors (Lipinski definition) is 7. The molecule has 0 saturated carbocycles. The number of ether oxygens (including phenoxy) is 1. The minimum atomic E-state index is 0.495. The molecule has 0 aliphatic carbocycles. The summed E-state index contributed by atoms with van der Waals surface area (Å²) in [7, 11) is 0. The third kappa shape index (κ3) is 3.85. The predicted octanol–water partition coefficient (Wildman–Crippen LogP) is 4.01. The minimum absolute atomic E-state index is 0.495. The molecule has 0 fully saturated rings. The Morgan fingerprint density at radius 1 is 1.07 bits per heavy atom. The summed E-state index contributed by atoms with van der Waals surface area (Å²) in [6, 6.07) is 17.6. The van der Waals surface area contributed by atoms with Crippen LogP contribution in [0.2, 0.25) is 0 Å². The second-order valence-electron chi connectivity index (χ2n) is 5.55. The van der Waals surface area contributed by atoms with Gasteiger partial charge in [0.25, 0.3) is 0 Å². The van der Waals surface area contributed by atoms with E-state index in [4.69, 9.17) is 9.26 Å². The standard InChI is InChI=1S/C19H17N5O2S/c1-2-25-16-11-7-6-10-15(16)18-21-17(26-23-18)12-27-19-22-20-13-24(19)14-8-4-3-5-9-14/h3-11,13H,2,12H2,1H3. The molecular weight excluding hydrogens is 362 g/mol. The molecule has 0 N–H and O–H groups in total. The summed E-state index contributed by atoms with van der Waals surface area (Å²) >= 11 is 1.49. The summed E-state index contributed by atoms with van der Waals surface area (Å²) in [6.07, 6.45) is 1.69. The first-order valence-corrected chi connectivity index (χ1v) is 9.46. The highest BCUT2D eigenvalue weighted by atomic mass is 32.2. The minimum Gasteiger partial charge on any atom is -0.493 e. The average molecular weight is 379 g/mol. The Hall–Kier alpha value is -3.13. The summed E-state index contributed by atoms with van der Waals surface area (Å²) in [5, 5.41) is 13.0. The Morgan fingerprint density at radius 3 is 2.74 bits per heavy atom. The molecular formula is C19H17N5O2S. The van der Waals surface area contributed by atoms with Gasteiger partial charge in [0.2, 0.25) is 11.7 Å². The zero-order valence-electron chi connectivity index (χ0n) is 14.6. The fourth-order valence-electron chi connectivity index (χ4n) is 2.57. The van der Waals surface area contributed by atoms with Crippen LogP contribution in [0.1, 0.15) is 12.8 Å². The van der Waals surface area contributed by atoms with Crippen molar-refractivity contribution in [2.45, 2.75) is 17.8 Å². The van der Waals surface area contributed by atoms with E-state index < -0.39 is 0 Å². The van der Waals surface area contributed by atoms with Gasteiger partial charge in [-0.25, -0.2) is 0 Å². The fraction of sp³-hybridized carbons (Fsp3) is 0.158. The summed E-state index contributed by atoms with van der Waals surface area (Å²) in [5.41, 5.74) is 1.81. The fourth-order valence-corrected chi connectivity index (χ4v) is 3.34. The largest absolute Gasteiger partial charge is 0.493 e. The van der Waals surface area contributed by atoms with Crippen LogP contribution < -0.4 is 4.74 Å². The highest BCUT2D eigenvalue weighted by Crippen LogP contribution is 2.29. The first-order valence-electron chi connectivity index (χ1n) is 8.48. The van der Waals surface area contributed by atoms with E-state index >= 15 is 0 Å². The van der Waals surface area contributed by atoms with E-state index in [1.54, 1.807) is 6.33 Å². The van der Waals surface area contributed by atoms with Crippen LogP contribution in [0.15, 0.2) is 70.6 Å². The van der Waals surface area contributed by atoms with Crippen molar-refractivity contribution in [3.05, 3.63) is 66.8 Å². The highest BCUT2D eigenvalue weighted by Gasteiger charge is 2.15. The van der Waals surface area contributed by atoms with E-state index in [0.29, 0.717) is 24.1 Å². The van der Waals surface area contributed by atoms with Crippen LogP contribution in [-0.4, -0.2) is 31.5 Å². The van der Waals surface area contributed by atoms with Gasteiger partial charge in [-0.05, 0) is 31.2 Å². The first kappa shape index (κ1) is 17.3. The molecule has 27 heavy (non-hydrogen) atoms. The molecule has 0 saturated heterocycles. The Labute approximate surface area is 160 Å². The summed E-state index contributed by atoms with van der Waals surface area (Å²) in [5.74, 6) is 2.27. The van der Waals surface area contributed by atoms with Gasteiger partial charge in [-0.3, -0.25) is 4.57 Å². The number of aromatic nitrogens is 5. The summed E-state index contributed by atoms with van der Waals surface area (Å²) < 4.78 is 13.0. The lowest BCUT2D eigenvalue weighted by Gasteiger charge is -2.06. The van der Waals surface area contributed by atoms with Crippen molar-refractivity contribution in [2.75, 3.05) is 6.61 Å². The maximum absolute atomic E-state index is 5.64. The van der Waals surface area contributed by atoms with Crippen molar-refractivity contribution in [3.8, 4) is 22.8 Å².